The van der Waals surface area contributed by atoms with Crippen molar-refractivity contribution >= 4 is 28.8 Å². The van der Waals surface area contributed by atoms with Crippen LogP contribution in [-0.2, 0) is 29.0 Å². The molecule has 1 heterocycles. The molecule has 0 saturated carbocycles. The Kier molecular flexibility index (Phi) is 7.01. The van der Waals surface area contributed by atoms with Gasteiger partial charge in [-0.25, -0.2) is 13.5 Å². The third-order valence-electron chi connectivity index (χ3n) is 3.43. The molecule has 0 aliphatic rings. The minimum atomic E-state index is -2.46. The molecule has 0 aliphatic carbocycles. The summed E-state index contributed by atoms with van der Waals surface area (Å²) in [6.45, 7) is 0.227. The summed E-state index contributed by atoms with van der Waals surface area (Å²) < 4.78 is 41.7. The van der Waals surface area contributed by atoms with Gasteiger partial charge in [0.25, 0.3) is 0 Å². The highest BCUT2D eigenvalue weighted by atomic mass is 35.5. The Balaban J connectivity index is 2.01. The predicted molar refractivity (Wildman–Crippen MR) is 90.0 cm³/mol. The van der Waals surface area contributed by atoms with Gasteiger partial charge in [0.2, 0.25) is 0 Å². The van der Waals surface area contributed by atoms with Gasteiger partial charge < -0.3 is 9.29 Å². The van der Waals surface area contributed by atoms with Gasteiger partial charge in [-0.3, -0.25) is 9.19 Å². The molecule has 0 N–H and O–H groups in total. The maximum atomic E-state index is 13.1. The van der Waals surface area contributed by atoms with Crippen molar-refractivity contribution in [2.24, 2.45) is 0 Å². The summed E-state index contributed by atoms with van der Waals surface area (Å²) in [7, 11) is 1.26. The van der Waals surface area contributed by atoms with E-state index in [4.69, 9.17) is 11.6 Å². The van der Waals surface area contributed by atoms with Crippen LogP contribution < -0.4 is 0 Å². The molecule has 0 radical (unpaired) electrons. The Morgan fingerprint density at radius 3 is 2.72 bits per heavy atom. The van der Waals surface area contributed by atoms with Crippen LogP contribution in [0, 0.1) is 5.82 Å². The molecule has 0 saturated heterocycles. The van der Waals surface area contributed by atoms with Crippen molar-refractivity contribution in [3.63, 3.8) is 0 Å². The van der Waals surface area contributed by atoms with Crippen LogP contribution in [0.4, 0.5) is 4.39 Å². The molecule has 0 amide bonds. The number of methoxy groups -OCH3 is 1. The molecule has 0 spiro atoms. The molecule has 2 aromatic rings. The zero-order chi connectivity index (χ0) is 18.4. The number of hydrogen-bond acceptors (Lipinski definition) is 5. The van der Waals surface area contributed by atoms with E-state index < -0.39 is 23.1 Å². The van der Waals surface area contributed by atoms with Gasteiger partial charge in [0.1, 0.15) is 5.82 Å². The Hall–Kier alpha value is -1.87. The Labute approximate surface area is 152 Å². The molecule has 0 bridgehead atoms. The molecule has 134 valence electrons. The zero-order valence-electron chi connectivity index (χ0n) is 13.3. The average Bonchev–Trinajstić information content (AvgIpc) is 2.61. The predicted octanol–water partition coefficient (Wildman–Crippen LogP) is 2.50. The molecule has 2 rings (SSSR count). The van der Waals surface area contributed by atoms with E-state index >= 15 is 0 Å². The lowest BCUT2D eigenvalue weighted by molar-refractivity contribution is 0.0600. The van der Waals surface area contributed by atoms with Crippen molar-refractivity contribution in [3.05, 3.63) is 64.2 Å². The van der Waals surface area contributed by atoms with Gasteiger partial charge in [0.05, 0.1) is 29.9 Å². The fraction of sp³-hybridized carbons (Fsp3) is 0.250. The topological polar surface area (TPSA) is 82.6 Å². The summed E-state index contributed by atoms with van der Waals surface area (Å²) in [5, 5.41) is -0.00707. The zero-order valence-corrected chi connectivity index (χ0v) is 14.8. The van der Waals surface area contributed by atoms with Crippen molar-refractivity contribution in [3.8, 4) is 0 Å². The fourth-order valence-electron chi connectivity index (χ4n) is 2.09. The lowest BCUT2D eigenvalue weighted by Crippen LogP contribution is -2.28. The monoisotopic (exact) mass is 385 g/mol. The second kappa shape index (κ2) is 9.00. The van der Waals surface area contributed by atoms with Crippen molar-refractivity contribution in [1.29, 1.82) is 0 Å². The maximum absolute atomic E-state index is 13.1. The number of aromatic nitrogens is 1. The van der Waals surface area contributed by atoms with Crippen LogP contribution in [0.25, 0.3) is 0 Å². The summed E-state index contributed by atoms with van der Waals surface area (Å²) in [6, 6.07) is 7.33. The van der Waals surface area contributed by atoms with E-state index in [1.54, 1.807) is 12.1 Å². The minimum Gasteiger partial charge on any atom is -0.760 e. The first-order valence-electron chi connectivity index (χ1n) is 7.22. The van der Waals surface area contributed by atoms with E-state index in [9.17, 15) is 17.9 Å². The van der Waals surface area contributed by atoms with Crippen LogP contribution in [0.2, 0.25) is 5.02 Å². The van der Waals surface area contributed by atoms with Gasteiger partial charge in [-0.1, -0.05) is 17.7 Å². The van der Waals surface area contributed by atoms with Gasteiger partial charge in [-0.15, -0.1) is 0 Å². The highest BCUT2D eigenvalue weighted by molar-refractivity contribution is 7.76. The number of halogens is 2. The number of rotatable bonds is 7. The third kappa shape index (κ3) is 5.57. The quantitative estimate of drug-likeness (QED) is 0.540. The number of ether oxygens (including phenoxy) is 1. The smallest absolute Gasteiger partial charge is 0.339 e. The SMILES string of the molecule is COC(=O)c1ccc(CN(CCc2ccc(F)c(Cl)c2)S(=O)[O-])nc1. The standard InChI is InChI=1S/C16H16ClFN2O4S/c1-24-16(21)12-3-4-13(19-9-12)10-20(25(22)23)7-6-11-2-5-15(18)14(17)8-11/h2-5,8-9H,6-7,10H2,1H3,(H,22,23)/p-1. The summed E-state index contributed by atoms with van der Waals surface area (Å²) >= 11 is 3.26. The first-order valence-corrected chi connectivity index (χ1v) is 8.63. The molecule has 0 aliphatic heterocycles. The molecule has 1 aromatic carbocycles. The van der Waals surface area contributed by atoms with Gasteiger partial charge in [0.15, 0.2) is 0 Å². The maximum Gasteiger partial charge on any atom is 0.339 e. The molecule has 0 fully saturated rings. The highest BCUT2D eigenvalue weighted by Crippen LogP contribution is 2.17. The lowest BCUT2D eigenvalue weighted by atomic mass is 10.1. The molecular formula is C16H15ClFN2O4S-. The van der Waals surface area contributed by atoms with Crippen molar-refractivity contribution in [2.75, 3.05) is 13.7 Å². The second-order valence-electron chi connectivity index (χ2n) is 5.11. The van der Waals surface area contributed by atoms with Crippen molar-refractivity contribution < 1.29 is 22.7 Å². The molecule has 6 nitrogen and oxygen atoms in total. The molecule has 1 atom stereocenters. The van der Waals surface area contributed by atoms with Crippen LogP contribution in [0.5, 0.6) is 0 Å². The number of benzene rings is 1. The molecule has 1 unspecified atom stereocenters. The van der Waals surface area contributed by atoms with E-state index in [0.29, 0.717) is 12.1 Å². The lowest BCUT2D eigenvalue weighted by Gasteiger charge is -2.23. The van der Waals surface area contributed by atoms with Gasteiger partial charge in [-0.05, 0) is 36.2 Å². The molecule has 25 heavy (non-hydrogen) atoms. The summed E-state index contributed by atoms with van der Waals surface area (Å²) in [5.41, 5.74) is 1.48. The summed E-state index contributed by atoms with van der Waals surface area (Å²) in [6.07, 6.45) is 1.70. The van der Waals surface area contributed by atoms with Crippen LogP contribution >= 0.6 is 11.6 Å². The molecular weight excluding hydrogens is 371 g/mol. The van der Waals surface area contributed by atoms with Crippen molar-refractivity contribution in [1.82, 2.24) is 9.29 Å². The van der Waals surface area contributed by atoms with Gasteiger partial charge in [-0.2, -0.15) is 0 Å². The van der Waals surface area contributed by atoms with Crippen LogP contribution in [0.1, 0.15) is 21.6 Å². The van der Waals surface area contributed by atoms with Gasteiger partial charge in [0, 0.05) is 24.0 Å². The Bertz CT molecular complexity index is 773. The highest BCUT2D eigenvalue weighted by Gasteiger charge is 2.11. The number of carbonyl (C=O) groups excluding carboxylic acids is 1. The van der Waals surface area contributed by atoms with E-state index in [2.05, 4.69) is 9.72 Å². The van der Waals surface area contributed by atoms with E-state index in [1.165, 1.54) is 35.8 Å². The first kappa shape index (κ1) is 19.5. The van der Waals surface area contributed by atoms with E-state index in [1.807, 2.05) is 0 Å². The number of pyridine rings is 1. The average molecular weight is 386 g/mol. The normalized spacial score (nSPS) is 12.2. The Morgan fingerprint density at radius 1 is 1.40 bits per heavy atom. The Morgan fingerprint density at radius 2 is 2.16 bits per heavy atom. The number of hydrogen-bond donors (Lipinski definition) is 0. The fourth-order valence-corrected chi connectivity index (χ4v) is 2.77. The van der Waals surface area contributed by atoms with Crippen LogP contribution in [0.3, 0.4) is 0 Å². The minimum absolute atomic E-state index is 0.00707. The number of esters is 1. The first-order chi connectivity index (χ1) is 11.9. The number of carbonyl (C=O) groups is 1. The second-order valence-corrected chi connectivity index (χ2v) is 6.47. The number of nitrogens with zero attached hydrogens (tertiary/aromatic N) is 2. The van der Waals surface area contributed by atoms with Gasteiger partial charge >= 0.3 is 5.97 Å². The van der Waals surface area contributed by atoms with E-state index in [0.717, 1.165) is 5.56 Å². The van der Waals surface area contributed by atoms with Crippen LogP contribution in [0.15, 0.2) is 36.5 Å². The van der Waals surface area contributed by atoms with Crippen molar-refractivity contribution in [2.45, 2.75) is 13.0 Å². The summed E-state index contributed by atoms with van der Waals surface area (Å²) in [5.74, 6) is -1.04. The molecule has 9 heteroatoms. The third-order valence-corrected chi connectivity index (χ3v) is 4.45. The molecule has 1 aromatic heterocycles. The largest absolute Gasteiger partial charge is 0.760 e. The van der Waals surface area contributed by atoms with E-state index in [-0.39, 0.29) is 23.7 Å². The summed E-state index contributed by atoms with van der Waals surface area (Å²) in [4.78, 5) is 15.4. The van der Waals surface area contributed by atoms with Crippen LogP contribution in [-0.4, -0.2) is 37.7 Å².